The van der Waals surface area contributed by atoms with E-state index in [1.807, 2.05) is 36.4 Å². The summed E-state index contributed by atoms with van der Waals surface area (Å²) in [5.74, 6) is 0.837. The number of ether oxygens (including phenoxy) is 2. The number of carbonyl (C=O) groups excluding carboxylic acids is 1. The first-order valence-corrected chi connectivity index (χ1v) is 9.57. The molecular weight excluding hydrogens is 394 g/mol. The van der Waals surface area contributed by atoms with E-state index < -0.39 is 0 Å². The zero-order valence-electron chi connectivity index (χ0n) is 17.1. The van der Waals surface area contributed by atoms with Gasteiger partial charge in [0.05, 0.1) is 25.5 Å². The Morgan fingerprint density at radius 3 is 2.42 bits per heavy atom. The molecule has 7 heteroatoms. The second-order valence-electron chi connectivity index (χ2n) is 6.75. The molecule has 0 aliphatic heterocycles. The molecule has 0 aliphatic carbocycles. The van der Waals surface area contributed by atoms with Crippen LogP contribution in [0, 0.1) is 0 Å². The van der Waals surface area contributed by atoms with Crippen molar-refractivity contribution in [3.05, 3.63) is 84.6 Å². The van der Waals surface area contributed by atoms with Crippen LogP contribution in [0.1, 0.15) is 10.4 Å². The highest BCUT2D eigenvalue weighted by atomic mass is 16.5. The fourth-order valence-corrected chi connectivity index (χ4v) is 3.23. The Hall–Kier alpha value is -4.26. The van der Waals surface area contributed by atoms with Crippen LogP contribution in [0.5, 0.6) is 17.2 Å². The topological polar surface area (TPSA) is 85.6 Å². The van der Waals surface area contributed by atoms with Crippen molar-refractivity contribution in [1.82, 2.24) is 9.78 Å². The van der Waals surface area contributed by atoms with Gasteiger partial charge in [0, 0.05) is 23.5 Å². The van der Waals surface area contributed by atoms with Gasteiger partial charge in [-0.15, -0.1) is 0 Å². The highest BCUT2D eigenvalue weighted by molar-refractivity contribution is 6.08. The van der Waals surface area contributed by atoms with Gasteiger partial charge in [0.25, 0.3) is 5.91 Å². The number of aromatic nitrogens is 2. The molecule has 1 amide bonds. The fraction of sp³-hybridized carbons (Fsp3) is 0.0833. The van der Waals surface area contributed by atoms with E-state index in [0.29, 0.717) is 34.0 Å². The van der Waals surface area contributed by atoms with E-state index in [1.165, 1.54) is 12.1 Å². The third-order valence-corrected chi connectivity index (χ3v) is 4.74. The maximum absolute atomic E-state index is 13.1. The summed E-state index contributed by atoms with van der Waals surface area (Å²) >= 11 is 0. The molecule has 4 rings (SSSR count). The summed E-state index contributed by atoms with van der Waals surface area (Å²) in [6.45, 7) is 0. The number of aromatic hydroxyl groups is 1. The molecular formula is C24H21N3O4. The standard InChI is InChI=1S/C24H21N3O4/c1-30-21-12-11-16(13-22(21)31-2)23-20(15-27(26-23)18-8-4-3-5-9-18)24(29)25-17-7-6-10-19(28)14-17/h3-15,28H,1-2H3,(H,25,29). The summed E-state index contributed by atoms with van der Waals surface area (Å²) in [4.78, 5) is 13.1. The van der Waals surface area contributed by atoms with Gasteiger partial charge in [0.15, 0.2) is 11.5 Å². The van der Waals surface area contributed by atoms with Crippen LogP contribution < -0.4 is 14.8 Å². The van der Waals surface area contributed by atoms with E-state index in [-0.39, 0.29) is 11.7 Å². The second kappa shape index (κ2) is 8.62. The number of hydrogen-bond donors (Lipinski definition) is 2. The van der Waals surface area contributed by atoms with Crippen molar-refractivity contribution in [1.29, 1.82) is 0 Å². The lowest BCUT2D eigenvalue weighted by Crippen LogP contribution is -2.12. The minimum Gasteiger partial charge on any atom is -0.508 e. The molecule has 4 aromatic rings. The quantitative estimate of drug-likeness (QED) is 0.484. The number of rotatable bonds is 6. The Morgan fingerprint density at radius 1 is 0.935 bits per heavy atom. The molecule has 3 aromatic carbocycles. The summed E-state index contributed by atoms with van der Waals surface area (Å²) in [7, 11) is 3.12. The maximum atomic E-state index is 13.1. The molecule has 0 saturated carbocycles. The number of nitrogens with zero attached hydrogens (tertiary/aromatic N) is 2. The second-order valence-corrected chi connectivity index (χ2v) is 6.75. The number of hydrogen-bond acceptors (Lipinski definition) is 5. The molecule has 0 fully saturated rings. The maximum Gasteiger partial charge on any atom is 0.259 e. The number of amides is 1. The summed E-state index contributed by atoms with van der Waals surface area (Å²) in [5.41, 5.74) is 2.87. The van der Waals surface area contributed by atoms with Gasteiger partial charge in [-0.05, 0) is 42.5 Å². The third-order valence-electron chi connectivity index (χ3n) is 4.74. The molecule has 1 heterocycles. The van der Waals surface area contributed by atoms with Crippen LogP contribution in [0.4, 0.5) is 5.69 Å². The summed E-state index contributed by atoms with van der Waals surface area (Å²) in [6, 6.07) is 21.3. The zero-order chi connectivity index (χ0) is 21.8. The van der Waals surface area contributed by atoms with Crippen LogP contribution >= 0.6 is 0 Å². The number of para-hydroxylation sites is 1. The van der Waals surface area contributed by atoms with Gasteiger partial charge in [0.2, 0.25) is 0 Å². The fourth-order valence-electron chi connectivity index (χ4n) is 3.23. The molecule has 2 N–H and O–H groups in total. The van der Waals surface area contributed by atoms with Crippen LogP contribution in [0.2, 0.25) is 0 Å². The van der Waals surface area contributed by atoms with Crippen LogP contribution in [0.25, 0.3) is 16.9 Å². The molecule has 0 unspecified atom stereocenters. The minimum atomic E-state index is -0.349. The van der Waals surface area contributed by atoms with Gasteiger partial charge in [-0.1, -0.05) is 24.3 Å². The molecule has 0 radical (unpaired) electrons. The average molecular weight is 415 g/mol. The van der Waals surface area contributed by atoms with E-state index in [9.17, 15) is 9.90 Å². The smallest absolute Gasteiger partial charge is 0.259 e. The molecule has 0 spiro atoms. The first-order chi connectivity index (χ1) is 15.1. The van der Waals surface area contributed by atoms with E-state index in [4.69, 9.17) is 9.47 Å². The van der Waals surface area contributed by atoms with Crippen molar-refractivity contribution in [3.8, 4) is 34.2 Å². The van der Waals surface area contributed by atoms with Crippen LogP contribution in [0.15, 0.2) is 79.0 Å². The Kier molecular flexibility index (Phi) is 5.57. The molecule has 0 atom stereocenters. The average Bonchev–Trinajstić information content (AvgIpc) is 3.25. The Balaban J connectivity index is 1.79. The van der Waals surface area contributed by atoms with Crippen LogP contribution in [-0.2, 0) is 0 Å². The highest BCUT2D eigenvalue weighted by Crippen LogP contribution is 2.33. The molecule has 1 aromatic heterocycles. The molecule has 0 saturated heterocycles. The van der Waals surface area contributed by atoms with E-state index >= 15 is 0 Å². The van der Waals surface area contributed by atoms with E-state index in [2.05, 4.69) is 10.4 Å². The van der Waals surface area contributed by atoms with Crippen molar-refractivity contribution in [2.45, 2.75) is 0 Å². The van der Waals surface area contributed by atoms with Gasteiger partial charge in [0.1, 0.15) is 11.4 Å². The van der Waals surface area contributed by atoms with Crippen LogP contribution in [-0.4, -0.2) is 35.0 Å². The van der Waals surface area contributed by atoms with E-state index in [0.717, 1.165) is 5.69 Å². The highest BCUT2D eigenvalue weighted by Gasteiger charge is 2.20. The number of carbonyl (C=O) groups is 1. The lowest BCUT2D eigenvalue weighted by Gasteiger charge is -2.10. The third kappa shape index (κ3) is 4.20. The normalized spacial score (nSPS) is 10.5. The predicted octanol–water partition coefficient (Wildman–Crippen LogP) is 4.51. The Labute approximate surface area is 179 Å². The lowest BCUT2D eigenvalue weighted by atomic mass is 10.1. The summed E-state index contributed by atoms with van der Waals surface area (Å²) in [6.07, 6.45) is 1.68. The molecule has 31 heavy (non-hydrogen) atoms. The molecule has 0 aliphatic rings. The van der Waals surface area contributed by atoms with Gasteiger partial charge >= 0.3 is 0 Å². The lowest BCUT2D eigenvalue weighted by molar-refractivity contribution is 0.102. The molecule has 156 valence electrons. The Morgan fingerprint density at radius 2 is 1.71 bits per heavy atom. The first kappa shape index (κ1) is 20.0. The molecule has 0 bridgehead atoms. The van der Waals surface area contributed by atoms with Gasteiger partial charge in [-0.25, -0.2) is 4.68 Å². The zero-order valence-corrected chi connectivity index (χ0v) is 17.1. The number of benzene rings is 3. The van der Waals surface area contributed by atoms with Gasteiger partial charge in [-0.3, -0.25) is 4.79 Å². The number of phenolic OH excluding ortho intramolecular Hbond substituents is 1. The summed E-state index contributed by atoms with van der Waals surface area (Å²) in [5, 5.41) is 17.2. The molecule has 7 nitrogen and oxygen atoms in total. The van der Waals surface area contributed by atoms with Crippen molar-refractivity contribution in [2.24, 2.45) is 0 Å². The number of phenols is 1. The van der Waals surface area contributed by atoms with Crippen molar-refractivity contribution in [3.63, 3.8) is 0 Å². The monoisotopic (exact) mass is 415 g/mol. The number of nitrogens with one attached hydrogen (secondary N) is 1. The predicted molar refractivity (Wildman–Crippen MR) is 118 cm³/mol. The number of anilines is 1. The number of methoxy groups -OCH3 is 2. The van der Waals surface area contributed by atoms with Crippen molar-refractivity contribution in [2.75, 3.05) is 19.5 Å². The van der Waals surface area contributed by atoms with Crippen molar-refractivity contribution < 1.29 is 19.4 Å². The SMILES string of the molecule is COc1ccc(-c2nn(-c3ccccc3)cc2C(=O)Nc2cccc(O)c2)cc1OC. The first-order valence-electron chi connectivity index (χ1n) is 9.57. The van der Waals surface area contributed by atoms with Crippen LogP contribution in [0.3, 0.4) is 0 Å². The largest absolute Gasteiger partial charge is 0.508 e. The van der Waals surface area contributed by atoms with E-state index in [1.54, 1.807) is 49.4 Å². The Bertz CT molecular complexity index is 1220. The van der Waals surface area contributed by atoms with Gasteiger partial charge < -0.3 is 19.9 Å². The summed E-state index contributed by atoms with van der Waals surface area (Å²) < 4.78 is 12.4. The van der Waals surface area contributed by atoms with Crippen molar-refractivity contribution >= 4 is 11.6 Å². The van der Waals surface area contributed by atoms with Gasteiger partial charge in [-0.2, -0.15) is 5.10 Å². The minimum absolute atomic E-state index is 0.0675.